The third-order valence-corrected chi connectivity index (χ3v) is 4.51. The smallest absolute Gasteiger partial charge is 0.119 e. The third kappa shape index (κ3) is 3.08. The molecule has 0 aliphatic carbocycles. The van der Waals surface area contributed by atoms with E-state index in [9.17, 15) is 0 Å². The molecule has 0 N–H and O–H groups in total. The summed E-state index contributed by atoms with van der Waals surface area (Å²) in [5.74, 6) is 1.26. The van der Waals surface area contributed by atoms with E-state index in [4.69, 9.17) is 9.47 Å². The molecular weight excluding hydrogens is 284 g/mol. The molecule has 1 saturated heterocycles. The number of hydrogen-bond acceptors (Lipinski definition) is 2. The number of hydrogen-bond donors (Lipinski definition) is 0. The molecule has 4 rings (SSSR count). The van der Waals surface area contributed by atoms with Gasteiger partial charge in [0.1, 0.15) is 18.5 Å². The van der Waals surface area contributed by atoms with Crippen LogP contribution in [0.25, 0.3) is 10.8 Å². The van der Waals surface area contributed by atoms with Crippen molar-refractivity contribution in [3.63, 3.8) is 0 Å². The molecule has 1 fully saturated rings. The highest BCUT2D eigenvalue weighted by molar-refractivity contribution is 5.86. The van der Waals surface area contributed by atoms with Crippen LogP contribution < -0.4 is 4.74 Å². The Bertz CT molecular complexity index is 798. The van der Waals surface area contributed by atoms with E-state index in [0.29, 0.717) is 18.6 Å². The molecule has 2 nitrogen and oxygen atoms in total. The minimum absolute atomic E-state index is 0.296. The molecule has 0 saturated carbocycles. The Morgan fingerprint density at radius 2 is 1.74 bits per heavy atom. The summed E-state index contributed by atoms with van der Waals surface area (Å²) in [4.78, 5) is 0. The maximum atomic E-state index is 5.72. The Hall–Kier alpha value is -2.32. The molecule has 0 amide bonds. The van der Waals surface area contributed by atoms with Gasteiger partial charge in [0.15, 0.2) is 0 Å². The topological polar surface area (TPSA) is 21.8 Å². The van der Waals surface area contributed by atoms with Gasteiger partial charge in [0.05, 0.1) is 6.61 Å². The molecule has 2 heteroatoms. The Balaban J connectivity index is 1.58. The molecule has 0 aromatic heterocycles. The van der Waals surface area contributed by atoms with Gasteiger partial charge in [-0.3, -0.25) is 0 Å². The number of benzene rings is 3. The predicted molar refractivity (Wildman–Crippen MR) is 93.1 cm³/mol. The molecule has 0 bridgehead atoms. The summed E-state index contributed by atoms with van der Waals surface area (Å²) >= 11 is 0. The molecule has 1 heterocycles. The Morgan fingerprint density at radius 1 is 1.00 bits per heavy atom. The fraction of sp³-hybridized carbons (Fsp3) is 0.238. The number of rotatable bonds is 5. The second-order valence-corrected chi connectivity index (χ2v) is 6.13. The van der Waals surface area contributed by atoms with Crippen LogP contribution in [0.3, 0.4) is 0 Å². The van der Waals surface area contributed by atoms with Crippen molar-refractivity contribution in [3.05, 3.63) is 77.9 Å². The van der Waals surface area contributed by atoms with Crippen molar-refractivity contribution in [3.8, 4) is 5.75 Å². The molecule has 3 aromatic rings. The minimum atomic E-state index is 0.296. The van der Waals surface area contributed by atoms with Gasteiger partial charge in [-0.2, -0.15) is 0 Å². The standard InChI is InChI=1S/C21H20O2/c1-15(20-8-4-6-17-5-2-3-7-21(17)20)16-9-11-18(12-10-16)22-13-19-14-23-19/h2-12,15,19H,13-14H2,1H3. The largest absolute Gasteiger partial charge is 0.491 e. The first kappa shape index (κ1) is 14.3. The van der Waals surface area contributed by atoms with Crippen LogP contribution in [0.2, 0.25) is 0 Å². The lowest BCUT2D eigenvalue weighted by Crippen LogP contribution is -2.04. The van der Waals surface area contributed by atoms with Gasteiger partial charge in [0.2, 0.25) is 0 Å². The monoisotopic (exact) mass is 304 g/mol. The molecule has 2 unspecified atom stereocenters. The van der Waals surface area contributed by atoms with Gasteiger partial charge in [0.25, 0.3) is 0 Å². The normalized spacial score (nSPS) is 17.9. The van der Waals surface area contributed by atoms with Crippen molar-refractivity contribution in [2.45, 2.75) is 18.9 Å². The molecule has 0 spiro atoms. The van der Waals surface area contributed by atoms with Crippen LogP contribution in [0.5, 0.6) is 5.75 Å². The summed E-state index contributed by atoms with van der Waals surface area (Å²) < 4.78 is 10.9. The Labute approximate surface area is 136 Å². The van der Waals surface area contributed by atoms with Crippen molar-refractivity contribution in [1.82, 2.24) is 0 Å². The first-order chi connectivity index (χ1) is 11.3. The molecular formula is C21H20O2. The second-order valence-electron chi connectivity index (χ2n) is 6.13. The zero-order chi connectivity index (χ0) is 15.6. The van der Waals surface area contributed by atoms with E-state index in [0.717, 1.165) is 12.4 Å². The summed E-state index contributed by atoms with van der Waals surface area (Å²) in [6, 6.07) is 23.5. The first-order valence-corrected chi connectivity index (χ1v) is 8.13. The Morgan fingerprint density at radius 3 is 2.52 bits per heavy atom. The maximum absolute atomic E-state index is 5.72. The lowest BCUT2D eigenvalue weighted by atomic mass is 9.89. The number of fused-ring (bicyclic) bond motifs is 1. The molecule has 1 aliphatic heterocycles. The fourth-order valence-electron chi connectivity index (χ4n) is 3.01. The fourth-order valence-corrected chi connectivity index (χ4v) is 3.01. The van der Waals surface area contributed by atoms with E-state index in [-0.39, 0.29) is 0 Å². The second kappa shape index (κ2) is 6.05. The van der Waals surface area contributed by atoms with E-state index in [2.05, 4.69) is 73.7 Å². The van der Waals surface area contributed by atoms with Gasteiger partial charge in [-0.05, 0) is 34.0 Å². The lowest BCUT2D eigenvalue weighted by molar-refractivity contribution is 0.263. The van der Waals surface area contributed by atoms with Crippen LogP contribution in [0.4, 0.5) is 0 Å². The van der Waals surface area contributed by atoms with Crippen molar-refractivity contribution in [1.29, 1.82) is 0 Å². The highest BCUT2D eigenvalue weighted by Gasteiger charge is 2.23. The average molecular weight is 304 g/mol. The van der Waals surface area contributed by atoms with Gasteiger partial charge < -0.3 is 9.47 Å². The number of ether oxygens (including phenoxy) is 2. The van der Waals surface area contributed by atoms with Crippen molar-refractivity contribution < 1.29 is 9.47 Å². The predicted octanol–water partition coefficient (Wildman–Crippen LogP) is 4.77. The van der Waals surface area contributed by atoms with E-state index in [1.165, 1.54) is 21.9 Å². The third-order valence-electron chi connectivity index (χ3n) is 4.51. The quantitative estimate of drug-likeness (QED) is 0.633. The van der Waals surface area contributed by atoms with Crippen LogP contribution >= 0.6 is 0 Å². The first-order valence-electron chi connectivity index (χ1n) is 8.13. The van der Waals surface area contributed by atoms with E-state index in [1.807, 2.05) is 0 Å². The highest BCUT2D eigenvalue weighted by Crippen LogP contribution is 2.31. The van der Waals surface area contributed by atoms with Crippen molar-refractivity contribution in [2.75, 3.05) is 13.2 Å². The minimum Gasteiger partial charge on any atom is -0.491 e. The molecule has 2 atom stereocenters. The van der Waals surface area contributed by atoms with Gasteiger partial charge in [-0.1, -0.05) is 61.5 Å². The van der Waals surface area contributed by atoms with E-state index in [1.54, 1.807) is 0 Å². The zero-order valence-electron chi connectivity index (χ0n) is 13.2. The van der Waals surface area contributed by atoms with Crippen molar-refractivity contribution in [2.24, 2.45) is 0 Å². The summed E-state index contributed by atoms with van der Waals surface area (Å²) in [5.41, 5.74) is 2.67. The SMILES string of the molecule is CC(c1ccc(OCC2CO2)cc1)c1cccc2ccccc12. The molecule has 23 heavy (non-hydrogen) atoms. The van der Waals surface area contributed by atoms with Gasteiger partial charge in [0, 0.05) is 5.92 Å². The number of epoxide rings is 1. The zero-order valence-corrected chi connectivity index (χ0v) is 13.2. The van der Waals surface area contributed by atoms with Gasteiger partial charge >= 0.3 is 0 Å². The average Bonchev–Trinajstić information content (AvgIpc) is 3.44. The van der Waals surface area contributed by atoms with Gasteiger partial charge in [-0.25, -0.2) is 0 Å². The van der Waals surface area contributed by atoms with Crippen LogP contribution in [0, 0.1) is 0 Å². The van der Waals surface area contributed by atoms with E-state index < -0.39 is 0 Å². The molecule has 116 valence electrons. The van der Waals surface area contributed by atoms with Crippen LogP contribution in [0.1, 0.15) is 24.0 Å². The summed E-state index contributed by atoms with van der Waals surface area (Å²) in [5, 5.41) is 2.62. The van der Waals surface area contributed by atoms with E-state index >= 15 is 0 Å². The van der Waals surface area contributed by atoms with Crippen LogP contribution in [0.15, 0.2) is 66.7 Å². The molecule has 3 aromatic carbocycles. The van der Waals surface area contributed by atoms with Gasteiger partial charge in [-0.15, -0.1) is 0 Å². The summed E-state index contributed by atoms with van der Waals surface area (Å²) in [7, 11) is 0. The lowest BCUT2D eigenvalue weighted by Gasteiger charge is -2.16. The van der Waals surface area contributed by atoms with Crippen molar-refractivity contribution >= 4 is 10.8 Å². The van der Waals surface area contributed by atoms with Crippen LogP contribution in [-0.4, -0.2) is 19.3 Å². The summed E-state index contributed by atoms with van der Waals surface area (Å²) in [6.45, 7) is 3.74. The summed E-state index contributed by atoms with van der Waals surface area (Å²) in [6.07, 6.45) is 0.296. The highest BCUT2D eigenvalue weighted by atomic mass is 16.6. The van der Waals surface area contributed by atoms with Crippen LogP contribution in [-0.2, 0) is 4.74 Å². The Kier molecular flexibility index (Phi) is 3.76. The maximum Gasteiger partial charge on any atom is 0.119 e. The molecule has 0 radical (unpaired) electrons. The molecule has 1 aliphatic rings.